The summed E-state index contributed by atoms with van der Waals surface area (Å²) in [5.74, 6) is -0.309. The number of hydrogen-bond acceptors (Lipinski definition) is 4. The zero-order valence-electron chi connectivity index (χ0n) is 14.3. The van der Waals surface area contributed by atoms with E-state index >= 15 is 0 Å². The van der Waals surface area contributed by atoms with Crippen molar-refractivity contribution in [3.05, 3.63) is 41.7 Å². The molecule has 1 aliphatic rings. The van der Waals surface area contributed by atoms with Crippen molar-refractivity contribution in [3.63, 3.8) is 0 Å². The number of carbonyl (C=O) groups excluding carboxylic acids is 1. The molecule has 1 fully saturated rings. The third-order valence-corrected chi connectivity index (χ3v) is 4.37. The third-order valence-electron chi connectivity index (χ3n) is 4.37. The molecule has 0 radical (unpaired) electrons. The molecule has 1 N–H and O–H groups in total. The number of carbonyl (C=O) groups is 1. The van der Waals surface area contributed by atoms with Crippen molar-refractivity contribution in [2.75, 3.05) is 19.6 Å². The number of amides is 1. The Balaban J connectivity index is 1.89. The van der Waals surface area contributed by atoms with Crippen LogP contribution in [0, 0.1) is 0 Å². The molecule has 0 aliphatic carbocycles. The zero-order valence-corrected chi connectivity index (χ0v) is 14.3. The van der Waals surface area contributed by atoms with Gasteiger partial charge in [0.25, 0.3) is 5.91 Å². The van der Waals surface area contributed by atoms with Gasteiger partial charge in [0.15, 0.2) is 5.69 Å². The SMILES string of the molecule is CCCN(C(=O)c1cn(-c2ccccc2C(F)(F)F)nn1)C1CCNC1. The Kier molecular flexibility index (Phi) is 5.26. The van der Waals surface area contributed by atoms with Crippen molar-refractivity contribution in [3.8, 4) is 5.69 Å². The molecule has 1 saturated heterocycles. The van der Waals surface area contributed by atoms with E-state index in [1.54, 1.807) is 4.90 Å². The van der Waals surface area contributed by atoms with Gasteiger partial charge in [-0.15, -0.1) is 5.10 Å². The molecule has 2 heterocycles. The van der Waals surface area contributed by atoms with Gasteiger partial charge in [0.2, 0.25) is 0 Å². The Morgan fingerprint density at radius 3 is 2.81 bits per heavy atom. The number of alkyl halides is 3. The largest absolute Gasteiger partial charge is 0.418 e. The minimum absolute atomic E-state index is 0.0438. The number of nitrogens with zero attached hydrogens (tertiary/aromatic N) is 4. The van der Waals surface area contributed by atoms with E-state index in [0.717, 1.165) is 30.1 Å². The van der Waals surface area contributed by atoms with E-state index < -0.39 is 11.7 Å². The molecule has 26 heavy (non-hydrogen) atoms. The first kappa shape index (κ1) is 18.4. The highest BCUT2D eigenvalue weighted by molar-refractivity contribution is 5.92. The van der Waals surface area contributed by atoms with Crippen LogP contribution in [0.3, 0.4) is 0 Å². The zero-order chi connectivity index (χ0) is 18.7. The molecule has 140 valence electrons. The van der Waals surface area contributed by atoms with Crippen LogP contribution < -0.4 is 5.32 Å². The summed E-state index contributed by atoms with van der Waals surface area (Å²) in [6, 6.07) is 5.14. The molecule has 0 bridgehead atoms. The molecular weight excluding hydrogens is 347 g/mol. The predicted octanol–water partition coefficient (Wildman–Crippen LogP) is 2.50. The van der Waals surface area contributed by atoms with E-state index in [-0.39, 0.29) is 23.3 Å². The van der Waals surface area contributed by atoms with Crippen LogP contribution in [0.5, 0.6) is 0 Å². The van der Waals surface area contributed by atoms with Crippen LogP contribution in [-0.2, 0) is 6.18 Å². The molecule has 1 atom stereocenters. The number of benzene rings is 1. The molecule has 6 nitrogen and oxygen atoms in total. The van der Waals surface area contributed by atoms with Crippen LogP contribution in [0.1, 0.15) is 35.8 Å². The second-order valence-electron chi connectivity index (χ2n) is 6.21. The van der Waals surface area contributed by atoms with Gasteiger partial charge in [-0.3, -0.25) is 4.79 Å². The monoisotopic (exact) mass is 367 g/mol. The summed E-state index contributed by atoms with van der Waals surface area (Å²) in [5.41, 5.74) is -0.937. The van der Waals surface area contributed by atoms with Gasteiger partial charge in [-0.05, 0) is 31.5 Å². The van der Waals surface area contributed by atoms with Gasteiger partial charge < -0.3 is 10.2 Å². The van der Waals surface area contributed by atoms with Crippen molar-refractivity contribution in [1.82, 2.24) is 25.2 Å². The summed E-state index contributed by atoms with van der Waals surface area (Å²) in [5, 5.41) is 10.8. The van der Waals surface area contributed by atoms with E-state index in [0.29, 0.717) is 13.1 Å². The maximum Gasteiger partial charge on any atom is 0.418 e. The summed E-state index contributed by atoms with van der Waals surface area (Å²) in [4.78, 5) is 14.5. The maximum absolute atomic E-state index is 13.2. The number of nitrogens with one attached hydrogen (secondary N) is 1. The minimum atomic E-state index is -4.52. The van der Waals surface area contributed by atoms with Crippen LogP contribution >= 0.6 is 0 Å². The smallest absolute Gasteiger partial charge is 0.333 e. The van der Waals surface area contributed by atoms with Gasteiger partial charge in [-0.1, -0.05) is 24.3 Å². The van der Waals surface area contributed by atoms with Crippen LogP contribution in [0.25, 0.3) is 5.69 Å². The van der Waals surface area contributed by atoms with Crippen LogP contribution in [-0.4, -0.2) is 51.5 Å². The minimum Gasteiger partial charge on any atom is -0.333 e. The average molecular weight is 367 g/mol. The van der Waals surface area contributed by atoms with Crippen molar-refractivity contribution < 1.29 is 18.0 Å². The Bertz CT molecular complexity index is 768. The van der Waals surface area contributed by atoms with Crippen LogP contribution in [0.4, 0.5) is 13.2 Å². The van der Waals surface area contributed by atoms with E-state index in [2.05, 4.69) is 15.6 Å². The molecular formula is C17H20F3N5O. The molecule has 1 aliphatic heterocycles. The van der Waals surface area contributed by atoms with Crippen LogP contribution in [0.2, 0.25) is 0 Å². The second-order valence-corrected chi connectivity index (χ2v) is 6.21. The first-order valence-electron chi connectivity index (χ1n) is 8.52. The summed E-state index contributed by atoms with van der Waals surface area (Å²) in [6.45, 7) is 4.08. The fourth-order valence-electron chi connectivity index (χ4n) is 3.14. The predicted molar refractivity (Wildman–Crippen MR) is 89.0 cm³/mol. The Morgan fingerprint density at radius 1 is 1.38 bits per heavy atom. The fourth-order valence-corrected chi connectivity index (χ4v) is 3.14. The summed E-state index contributed by atoms with van der Waals surface area (Å²) in [7, 11) is 0. The maximum atomic E-state index is 13.2. The highest BCUT2D eigenvalue weighted by Crippen LogP contribution is 2.33. The number of rotatable bonds is 5. The number of halogens is 3. The molecule has 3 rings (SSSR count). The standard InChI is InChI=1S/C17H20F3N5O/c1-2-9-24(12-7-8-21-10-12)16(26)14-11-25(23-22-14)15-6-4-3-5-13(15)17(18,19)20/h3-6,11-12,21H,2,7-10H2,1H3. The van der Waals surface area contributed by atoms with Gasteiger partial charge in [0.1, 0.15) is 0 Å². The Hall–Kier alpha value is -2.42. The van der Waals surface area contributed by atoms with Crippen molar-refractivity contribution in [1.29, 1.82) is 0 Å². The molecule has 1 aromatic carbocycles. The van der Waals surface area contributed by atoms with Crippen molar-refractivity contribution >= 4 is 5.91 Å². The van der Waals surface area contributed by atoms with E-state index in [1.807, 2.05) is 6.92 Å². The summed E-state index contributed by atoms with van der Waals surface area (Å²) >= 11 is 0. The molecule has 9 heteroatoms. The highest BCUT2D eigenvalue weighted by Gasteiger charge is 2.34. The highest BCUT2D eigenvalue weighted by atomic mass is 19.4. The Labute approximate surface area is 149 Å². The normalized spacial score (nSPS) is 17.5. The lowest BCUT2D eigenvalue weighted by atomic mass is 10.1. The van der Waals surface area contributed by atoms with Gasteiger partial charge in [0.05, 0.1) is 17.4 Å². The first-order chi connectivity index (χ1) is 12.4. The first-order valence-corrected chi connectivity index (χ1v) is 8.52. The number of hydrogen-bond donors (Lipinski definition) is 1. The molecule has 1 unspecified atom stereocenters. The summed E-state index contributed by atoms with van der Waals surface area (Å²) < 4.78 is 40.6. The van der Waals surface area contributed by atoms with Gasteiger partial charge >= 0.3 is 6.18 Å². The molecule has 1 aromatic heterocycles. The van der Waals surface area contributed by atoms with Gasteiger partial charge in [-0.25, -0.2) is 4.68 Å². The number of para-hydroxylation sites is 1. The fraction of sp³-hybridized carbons (Fsp3) is 0.471. The molecule has 0 spiro atoms. The quantitative estimate of drug-likeness (QED) is 0.882. The van der Waals surface area contributed by atoms with E-state index in [9.17, 15) is 18.0 Å². The lowest BCUT2D eigenvalue weighted by Gasteiger charge is -2.27. The van der Waals surface area contributed by atoms with E-state index in [4.69, 9.17) is 0 Å². The Morgan fingerprint density at radius 2 is 2.15 bits per heavy atom. The van der Waals surface area contributed by atoms with Gasteiger partial charge in [-0.2, -0.15) is 13.2 Å². The lowest BCUT2D eigenvalue weighted by Crippen LogP contribution is -2.42. The topological polar surface area (TPSA) is 63.1 Å². The van der Waals surface area contributed by atoms with Crippen molar-refractivity contribution in [2.45, 2.75) is 32.0 Å². The third kappa shape index (κ3) is 3.72. The summed E-state index contributed by atoms with van der Waals surface area (Å²) in [6.07, 6.45) is -1.63. The van der Waals surface area contributed by atoms with E-state index in [1.165, 1.54) is 24.4 Å². The van der Waals surface area contributed by atoms with Gasteiger partial charge in [0, 0.05) is 19.1 Å². The van der Waals surface area contributed by atoms with Crippen molar-refractivity contribution in [2.24, 2.45) is 0 Å². The number of aromatic nitrogens is 3. The molecule has 2 aromatic rings. The molecule has 0 saturated carbocycles. The van der Waals surface area contributed by atoms with Crippen LogP contribution in [0.15, 0.2) is 30.5 Å². The molecule has 1 amide bonds. The second kappa shape index (κ2) is 7.45. The lowest BCUT2D eigenvalue weighted by molar-refractivity contribution is -0.137. The average Bonchev–Trinajstić information content (AvgIpc) is 3.30.